The topological polar surface area (TPSA) is 39.1 Å². The molecule has 0 aromatic carbocycles. The third-order valence-corrected chi connectivity index (χ3v) is 5.01. The van der Waals surface area contributed by atoms with Gasteiger partial charge in [-0.2, -0.15) is 5.10 Å². The molecule has 1 fully saturated rings. The van der Waals surface area contributed by atoms with E-state index in [1.54, 1.807) is 0 Å². The van der Waals surface area contributed by atoms with E-state index in [4.69, 9.17) is 16.3 Å². The first-order chi connectivity index (χ1) is 9.57. The quantitative estimate of drug-likeness (QED) is 0.878. The van der Waals surface area contributed by atoms with Crippen molar-refractivity contribution in [2.24, 2.45) is 5.41 Å². The van der Waals surface area contributed by atoms with Crippen LogP contribution in [-0.4, -0.2) is 36.1 Å². The van der Waals surface area contributed by atoms with Gasteiger partial charge < -0.3 is 10.1 Å². The molecular formula is C15H26ClN3O. The van der Waals surface area contributed by atoms with E-state index in [2.05, 4.69) is 35.9 Å². The van der Waals surface area contributed by atoms with E-state index in [0.29, 0.717) is 0 Å². The molecule has 2 heterocycles. The number of nitrogens with one attached hydrogen (secondary N) is 1. The van der Waals surface area contributed by atoms with Gasteiger partial charge in [0, 0.05) is 31.5 Å². The fourth-order valence-corrected chi connectivity index (χ4v) is 3.55. The fourth-order valence-electron chi connectivity index (χ4n) is 3.22. The maximum atomic E-state index is 6.55. The highest BCUT2D eigenvalue weighted by Gasteiger charge is 2.42. The van der Waals surface area contributed by atoms with E-state index >= 15 is 0 Å². The summed E-state index contributed by atoms with van der Waals surface area (Å²) in [5.41, 5.74) is 2.30. The molecule has 1 aromatic heterocycles. The summed E-state index contributed by atoms with van der Waals surface area (Å²) in [6, 6.07) is 0. The van der Waals surface area contributed by atoms with Crippen LogP contribution in [0.25, 0.3) is 0 Å². The maximum Gasteiger partial charge on any atom is 0.0850 e. The van der Waals surface area contributed by atoms with Crippen molar-refractivity contribution < 1.29 is 4.74 Å². The lowest BCUT2D eigenvalue weighted by Crippen LogP contribution is -2.40. The molecule has 0 saturated carbocycles. The fraction of sp³-hybridized carbons (Fsp3) is 0.800. The molecule has 0 radical (unpaired) electrons. The van der Waals surface area contributed by atoms with Crippen molar-refractivity contribution in [3.8, 4) is 0 Å². The van der Waals surface area contributed by atoms with Gasteiger partial charge in [0.2, 0.25) is 0 Å². The van der Waals surface area contributed by atoms with Crippen LogP contribution in [0.2, 0.25) is 5.02 Å². The average Bonchev–Trinajstić information content (AvgIpc) is 2.93. The Hall–Kier alpha value is -0.580. The second-order valence-corrected chi connectivity index (χ2v) is 6.09. The first-order valence-electron chi connectivity index (χ1n) is 7.58. The summed E-state index contributed by atoms with van der Waals surface area (Å²) in [4.78, 5) is 0. The van der Waals surface area contributed by atoms with Gasteiger partial charge >= 0.3 is 0 Å². The number of aromatic nitrogens is 2. The third-order valence-electron chi connectivity index (χ3n) is 4.57. The molecule has 2 atom stereocenters. The van der Waals surface area contributed by atoms with Gasteiger partial charge in [0.1, 0.15) is 0 Å². The van der Waals surface area contributed by atoms with Crippen LogP contribution in [-0.2, 0) is 24.1 Å². The zero-order valence-corrected chi connectivity index (χ0v) is 13.8. The number of halogens is 1. The molecule has 2 unspecified atom stereocenters. The highest BCUT2D eigenvalue weighted by molar-refractivity contribution is 6.31. The summed E-state index contributed by atoms with van der Waals surface area (Å²) in [5.74, 6) is 0. The predicted molar refractivity (Wildman–Crippen MR) is 82.4 cm³/mol. The molecule has 1 aliphatic rings. The Morgan fingerprint density at radius 2 is 2.25 bits per heavy atom. The molecular weight excluding hydrogens is 274 g/mol. The lowest BCUT2D eigenvalue weighted by atomic mass is 9.77. The number of rotatable bonds is 6. The van der Waals surface area contributed by atoms with Crippen molar-refractivity contribution in [2.75, 3.05) is 20.2 Å². The Kier molecular flexibility index (Phi) is 5.10. The number of nitrogens with zero attached hydrogens (tertiary/aromatic N) is 2. The van der Waals surface area contributed by atoms with Crippen molar-refractivity contribution >= 4 is 11.6 Å². The zero-order valence-electron chi connectivity index (χ0n) is 13.0. The van der Waals surface area contributed by atoms with E-state index in [0.717, 1.165) is 49.7 Å². The van der Waals surface area contributed by atoms with E-state index in [1.807, 2.05) is 7.05 Å². The third kappa shape index (κ3) is 2.74. The van der Waals surface area contributed by atoms with E-state index in [-0.39, 0.29) is 11.5 Å². The molecule has 1 aromatic rings. The SMILES string of the molecule is CCc1nn(CC)c(CC2(CNC)CCOC2C)c1Cl. The molecule has 4 nitrogen and oxygen atoms in total. The summed E-state index contributed by atoms with van der Waals surface area (Å²) >= 11 is 6.55. The van der Waals surface area contributed by atoms with E-state index < -0.39 is 0 Å². The second kappa shape index (κ2) is 6.46. The average molecular weight is 300 g/mol. The van der Waals surface area contributed by atoms with Gasteiger partial charge in [-0.25, -0.2) is 0 Å². The predicted octanol–water partition coefficient (Wildman–Crippen LogP) is 2.68. The van der Waals surface area contributed by atoms with Gasteiger partial charge in [0.15, 0.2) is 0 Å². The van der Waals surface area contributed by atoms with Crippen LogP contribution in [0.15, 0.2) is 0 Å². The molecule has 114 valence electrons. The van der Waals surface area contributed by atoms with Gasteiger partial charge in [-0.05, 0) is 33.7 Å². The van der Waals surface area contributed by atoms with Gasteiger partial charge in [-0.1, -0.05) is 18.5 Å². The molecule has 2 rings (SSSR count). The van der Waals surface area contributed by atoms with Crippen LogP contribution in [0.1, 0.15) is 38.6 Å². The summed E-state index contributed by atoms with van der Waals surface area (Å²) in [7, 11) is 2.00. The number of hydrogen-bond acceptors (Lipinski definition) is 3. The zero-order chi connectivity index (χ0) is 14.8. The van der Waals surface area contributed by atoms with Crippen molar-refractivity contribution in [3.05, 3.63) is 16.4 Å². The van der Waals surface area contributed by atoms with E-state index in [9.17, 15) is 0 Å². The van der Waals surface area contributed by atoms with Gasteiger partial charge in [0.25, 0.3) is 0 Å². The Balaban J connectivity index is 2.33. The van der Waals surface area contributed by atoms with Crippen molar-refractivity contribution in [2.45, 2.75) is 52.7 Å². The minimum Gasteiger partial charge on any atom is -0.378 e. The Morgan fingerprint density at radius 3 is 2.75 bits per heavy atom. The molecule has 20 heavy (non-hydrogen) atoms. The maximum absolute atomic E-state index is 6.55. The van der Waals surface area contributed by atoms with Crippen LogP contribution in [0, 0.1) is 5.41 Å². The standard InChI is InChI=1S/C15H26ClN3O/c1-5-12-14(16)13(19(6-2)18-12)9-15(10-17-4)7-8-20-11(15)3/h11,17H,5-10H2,1-4H3. The second-order valence-electron chi connectivity index (χ2n) is 5.71. The summed E-state index contributed by atoms with van der Waals surface area (Å²) in [5, 5.41) is 8.81. The monoisotopic (exact) mass is 299 g/mol. The lowest BCUT2D eigenvalue weighted by Gasteiger charge is -2.32. The lowest BCUT2D eigenvalue weighted by molar-refractivity contribution is 0.0630. The molecule has 0 spiro atoms. The largest absolute Gasteiger partial charge is 0.378 e. The number of hydrogen-bond donors (Lipinski definition) is 1. The van der Waals surface area contributed by atoms with Crippen LogP contribution < -0.4 is 5.32 Å². The molecule has 0 aliphatic carbocycles. The van der Waals surface area contributed by atoms with Crippen molar-refractivity contribution in [1.82, 2.24) is 15.1 Å². The molecule has 1 N–H and O–H groups in total. The van der Waals surface area contributed by atoms with Crippen LogP contribution in [0.5, 0.6) is 0 Å². The molecule has 0 bridgehead atoms. The van der Waals surface area contributed by atoms with Crippen LogP contribution >= 0.6 is 11.6 Å². The Labute approximate surface area is 126 Å². The molecule has 1 aliphatic heterocycles. The first kappa shape index (κ1) is 15.8. The summed E-state index contributed by atoms with van der Waals surface area (Å²) in [6.07, 6.45) is 3.12. The smallest absolute Gasteiger partial charge is 0.0850 e. The van der Waals surface area contributed by atoms with Gasteiger partial charge in [0.05, 0.1) is 22.5 Å². The van der Waals surface area contributed by atoms with Crippen LogP contribution in [0.4, 0.5) is 0 Å². The normalized spacial score (nSPS) is 26.4. The first-order valence-corrected chi connectivity index (χ1v) is 7.96. The number of ether oxygens (including phenoxy) is 1. The Bertz CT molecular complexity index is 460. The number of aryl methyl sites for hydroxylation is 2. The molecule has 5 heteroatoms. The minimum absolute atomic E-state index is 0.121. The summed E-state index contributed by atoms with van der Waals surface area (Å²) in [6.45, 7) is 9.03. The highest BCUT2D eigenvalue weighted by atomic mass is 35.5. The van der Waals surface area contributed by atoms with Crippen LogP contribution in [0.3, 0.4) is 0 Å². The van der Waals surface area contributed by atoms with E-state index in [1.165, 1.54) is 5.69 Å². The highest BCUT2D eigenvalue weighted by Crippen LogP contribution is 2.39. The van der Waals surface area contributed by atoms with Crippen molar-refractivity contribution in [1.29, 1.82) is 0 Å². The summed E-state index contributed by atoms with van der Waals surface area (Å²) < 4.78 is 7.89. The minimum atomic E-state index is 0.121. The van der Waals surface area contributed by atoms with Gasteiger partial charge in [-0.15, -0.1) is 0 Å². The Morgan fingerprint density at radius 1 is 1.50 bits per heavy atom. The molecule has 0 amide bonds. The molecule has 1 saturated heterocycles. The van der Waals surface area contributed by atoms with Gasteiger partial charge in [-0.3, -0.25) is 4.68 Å². The van der Waals surface area contributed by atoms with Crippen molar-refractivity contribution in [3.63, 3.8) is 0 Å².